The number of aromatic amines is 1. The molecule has 3 N–H and O–H groups in total. The van der Waals surface area contributed by atoms with Crippen LogP contribution in [0.25, 0.3) is 33.5 Å². The minimum Gasteiger partial charge on any atom is -0.466 e. The van der Waals surface area contributed by atoms with Crippen molar-refractivity contribution in [3.8, 4) is 22.5 Å². The van der Waals surface area contributed by atoms with Crippen LogP contribution in [0.4, 0.5) is 5.69 Å². The molecule has 1 aliphatic rings. The van der Waals surface area contributed by atoms with E-state index < -0.39 is 0 Å². The number of benzene rings is 1. The molecule has 1 aromatic carbocycles. The maximum absolute atomic E-state index is 6.19. The van der Waals surface area contributed by atoms with E-state index in [2.05, 4.69) is 46.1 Å². The summed E-state index contributed by atoms with van der Waals surface area (Å²) >= 11 is 0. The van der Waals surface area contributed by atoms with Crippen molar-refractivity contribution in [2.75, 3.05) is 18.0 Å². The zero-order chi connectivity index (χ0) is 20.8. The van der Waals surface area contributed by atoms with E-state index >= 15 is 0 Å². The van der Waals surface area contributed by atoms with Gasteiger partial charge < -0.3 is 20.0 Å². The predicted octanol–water partition coefficient (Wildman–Crippen LogP) is 4.74. The number of pyridine rings is 1. The Morgan fingerprint density at radius 1 is 1.03 bits per heavy atom. The van der Waals surface area contributed by atoms with Crippen LogP contribution in [0.15, 0.2) is 41.1 Å². The second kappa shape index (κ2) is 7.29. The number of aromatic nitrogens is 3. The van der Waals surface area contributed by atoms with Crippen LogP contribution in [0, 0.1) is 20.8 Å². The molecule has 6 nitrogen and oxygen atoms in total. The maximum Gasteiger partial charge on any atom is 0.142 e. The third-order valence-corrected chi connectivity index (χ3v) is 6.00. The molecule has 0 bridgehead atoms. The molecule has 1 fully saturated rings. The Kier molecular flexibility index (Phi) is 4.59. The van der Waals surface area contributed by atoms with Crippen molar-refractivity contribution < 1.29 is 4.42 Å². The number of nitrogens with one attached hydrogen (secondary N) is 1. The number of aryl methyl sites for hydroxylation is 3. The average molecular weight is 402 g/mol. The Hall–Kier alpha value is -3.12. The van der Waals surface area contributed by atoms with Crippen molar-refractivity contribution in [2.24, 2.45) is 5.73 Å². The largest absolute Gasteiger partial charge is 0.466 e. The van der Waals surface area contributed by atoms with Crippen LogP contribution in [0.3, 0.4) is 0 Å². The highest BCUT2D eigenvalue weighted by Crippen LogP contribution is 2.41. The SMILES string of the molecule is Cc1ccc2nc(-c3cncc(-c4cc(C)oc4C)c3N3CCC(N)CC3)[nH]c2c1. The number of hydrogen-bond donors (Lipinski definition) is 2. The Balaban J connectivity index is 1.71. The standard InChI is InChI=1S/C24H27N5O/c1-14-4-5-21-22(10-14)28-24(27-21)20-13-26-12-19(18-11-15(2)30-16(18)3)23(20)29-8-6-17(25)7-9-29/h4-5,10-13,17H,6-9,25H2,1-3H3,(H,27,28). The summed E-state index contributed by atoms with van der Waals surface area (Å²) < 4.78 is 5.85. The number of nitrogens with two attached hydrogens (primary N) is 1. The highest BCUT2D eigenvalue weighted by atomic mass is 16.3. The zero-order valence-electron chi connectivity index (χ0n) is 17.7. The summed E-state index contributed by atoms with van der Waals surface area (Å²) in [6, 6.07) is 8.64. The number of piperidine rings is 1. The van der Waals surface area contributed by atoms with E-state index in [4.69, 9.17) is 15.1 Å². The van der Waals surface area contributed by atoms with Crippen molar-refractivity contribution in [2.45, 2.75) is 39.7 Å². The second-order valence-electron chi connectivity index (χ2n) is 8.34. The third-order valence-electron chi connectivity index (χ3n) is 6.00. The summed E-state index contributed by atoms with van der Waals surface area (Å²) in [5.41, 5.74) is 13.7. The number of furan rings is 1. The number of hydrogen-bond acceptors (Lipinski definition) is 5. The van der Waals surface area contributed by atoms with Crippen molar-refractivity contribution in [1.82, 2.24) is 15.0 Å². The van der Waals surface area contributed by atoms with Gasteiger partial charge in [0.25, 0.3) is 0 Å². The maximum atomic E-state index is 6.19. The van der Waals surface area contributed by atoms with Gasteiger partial charge in [-0.2, -0.15) is 0 Å². The van der Waals surface area contributed by atoms with E-state index in [1.165, 1.54) is 5.56 Å². The van der Waals surface area contributed by atoms with Crippen molar-refractivity contribution in [1.29, 1.82) is 0 Å². The molecule has 154 valence electrons. The van der Waals surface area contributed by atoms with E-state index in [1.54, 1.807) is 0 Å². The Morgan fingerprint density at radius 2 is 1.80 bits per heavy atom. The number of fused-ring (bicyclic) bond motifs is 1. The summed E-state index contributed by atoms with van der Waals surface area (Å²) in [7, 11) is 0. The van der Waals surface area contributed by atoms with E-state index in [9.17, 15) is 0 Å². The average Bonchev–Trinajstić information content (AvgIpc) is 3.30. The third kappa shape index (κ3) is 3.27. The van der Waals surface area contributed by atoms with Crippen molar-refractivity contribution in [3.63, 3.8) is 0 Å². The zero-order valence-corrected chi connectivity index (χ0v) is 17.7. The first-order chi connectivity index (χ1) is 14.5. The molecule has 0 amide bonds. The Bertz CT molecular complexity index is 1210. The minimum absolute atomic E-state index is 0.266. The molecule has 6 heteroatoms. The summed E-state index contributed by atoms with van der Waals surface area (Å²) in [5.74, 6) is 2.65. The fourth-order valence-corrected chi connectivity index (χ4v) is 4.44. The minimum atomic E-state index is 0.266. The van der Waals surface area contributed by atoms with Gasteiger partial charge in [0.15, 0.2) is 0 Å². The molecule has 30 heavy (non-hydrogen) atoms. The summed E-state index contributed by atoms with van der Waals surface area (Å²) in [5, 5.41) is 0. The number of anilines is 1. The number of rotatable bonds is 3. The van der Waals surface area contributed by atoms with Crippen LogP contribution in [-0.2, 0) is 0 Å². The summed E-state index contributed by atoms with van der Waals surface area (Å²) in [6.45, 7) is 7.92. The molecular weight excluding hydrogens is 374 g/mol. The smallest absolute Gasteiger partial charge is 0.142 e. The van der Waals surface area contributed by atoms with Crippen LogP contribution in [-0.4, -0.2) is 34.1 Å². The van der Waals surface area contributed by atoms with Crippen LogP contribution in [0.1, 0.15) is 29.9 Å². The first-order valence-electron chi connectivity index (χ1n) is 10.5. The van der Waals surface area contributed by atoms with Gasteiger partial charge in [-0.3, -0.25) is 4.98 Å². The molecule has 4 aromatic rings. The van der Waals surface area contributed by atoms with E-state index in [-0.39, 0.29) is 6.04 Å². The van der Waals surface area contributed by atoms with Gasteiger partial charge in [-0.1, -0.05) is 6.07 Å². The number of H-pyrrole nitrogens is 1. The Morgan fingerprint density at radius 3 is 2.53 bits per heavy atom. The first-order valence-corrected chi connectivity index (χ1v) is 10.5. The molecular formula is C24H27N5O. The van der Waals surface area contributed by atoms with Crippen LogP contribution in [0.2, 0.25) is 0 Å². The highest BCUT2D eigenvalue weighted by molar-refractivity contribution is 5.91. The van der Waals surface area contributed by atoms with Gasteiger partial charge >= 0.3 is 0 Å². The van der Waals surface area contributed by atoms with E-state index in [1.807, 2.05) is 26.2 Å². The predicted molar refractivity (Wildman–Crippen MR) is 121 cm³/mol. The van der Waals surface area contributed by atoms with Crippen molar-refractivity contribution in [3.05, 3.63) is 53.7 Å². The lowest BCUT2D eigenvalue weighted by Crippen LogP contribution is -2.40. The topological polar surface area (TPSA) is 84.0 Å². The van der Waals surface area contributed by atoms with Gasteiger partial charge in [-0.15, -0.1) is 0 Å². The van der Waals surface area contributed by atoms with Gasteiger partial charge in [0, 0.05) is 42.7 Å². The molecule has 0 unspecified atom stereocenters. The van der Waals surface area contributed by atoms with Gasteiger partial charge in [-0.25, -0.2) is 4.98 Å². The van der Waals surface area contributed by atoms with Crippen LogP contribution < -0.4 is 10.6 Å². The second-order valence-corrected chi connectivity index (χ2v) is 8.34. The molecule has 1 saturated heterocycles. The monoisotopic (exact) mass is 401 g/mol. The van der Waals surface area contributed by atoms with Crippen LogP contribution >= 0.6 is 0 Å². The number of nitrogens with zero attached hydrogens (tertiary/aromatic N) is 3. The van der Waals surface area contributed by atoms with E-state index in [0.717, 1.165) is 76.7 Å². The lowest BCUT2D eigenvalue weighted by molar-refractivity contribution is 0.501. The van der Waals surface area contributed by atoms with Gasteiger partial charge in [0.05, 0.1) is 22.3 Å². The molecule has 0 spiro atoms. The molecule has 5 rings (SSSR count). The first kappa shape index (κ1) is 18.9. The molecule has 1 aliphatic heterocycles. The quantitative estimate of drug-likeness (QED) is 0.518. The molecule has 0 atom stereocenters. The lowest BCUT2D eigenvalue weighted by Gasteiger charge is -2.34. The lowest BCUT2D eigenvalue weighted by atomic mass is 9.98. The van der Waals surface area contributed by atoms with Gasteiger partial charge in [0.1, 0.15) is 17.3 Å². The van der Waals surface area contributed by atoms with Crippen LogP contribution in [0.5, 0.6) is 0 Å². The highest BCUT2D eigenvalue weighted by Gasteiger charge is 2.25. The van der Waals surface area contributed by atoms with E-state index in [0.29, 0.717) is 0 Å². The van der Waals surface area contributed by atoms with Crippen molar-refractivity contribution >= 4 is 16.7 Å². The molecule has 4 heterocycles. The molecule has 0 saturated carbocycles. The normalized spacial score (nSPS) is 15.3. The summed E-state index contributed by atoms with van der Waals surface area (Å²) in [4.78, 5) is 15.4. The number of imidazole rings is 1. The molecule has 0 radical (unpaired) electrons. The fraction of sp³-hybridized carbons (Fsp3) is 0.333. The molecule has 0 aliphatic carbocycles. The molecule has 3 aromatic heterocycles. The fourth-order valence-electron chi connectivity index (χ4n) is 4.44. The summed E-state index contributed by atoms with van der Waals surface area (Å²) in [6.07, 6.45) is 5.81. The van der Waals surface area contributed by atoms with Gasteiger partial charge in [0.2, 0.25) is 0 Å². The van der Waals surface area contributed by atoms with Gasteiger partial charge in [-0.05, 0) is 57.4 Å². The Labute approximate surface area is 176 Å².